The number of sulfone groups is 1. The summed E-state index contributed by atoms with van der Waals surface area (Å²) >= 11 is 12.0. The van der Waals surface area contributed by atoms with Gasteiger partial charge in [0.1, 0.15) is 5.75 Å². The number of hydrogen-bond acceptors (Lipinski definition) is 4. The molecule has 2 aromatic carbocycles. The molecule has 0 bridgehead atoms. The van der Waals surface area contributed by atoms with E-state index in [0.717, 1.165) is 38.0 Å². The van der Waals surface area contributed by atoms with Gasteiger partial charge in [0.05, 0.1) is 14.9 Å². The zero-order chi connectivity index (χ0) is 20.1. The molecule has 1 amide bonds. The van der Waals surface area contributed by atoms with Crippen LogP contribution in [0.5, 0.6) is 0 Å². The van der Waals surface area contributed by atoms with Crippen LogP contribution >= 0.6 is 23.2 Å². The highest BCUT2D eigenvalue weighted by Gasteiger charge is 2.24. The summed E-state index contributed by atoms with van der Waals surface area (Å²) in [5.74, 6) is -0.979. The molecule has 0 saturated carbocycles. The van der Waals surface area contributed by atoms with Gasteiger partial charge in [-0.25, -0.2) is 8.42 Å². The molecule has 1 fully saturated rings. The van der Waals surface area contributed by atoms with E-state index in [4.69, 9.17) is 23.2 Å². The third kappa shape index (κ3) is 5.70. The maximum atomic E-state index is 12.3. The maximum absolute atomic E-state index is 12.3. The first-order valence-electron chi connectivity index (χ1n) is 9.07. The van der Waals surface area contributed by atoms with Crippen LogP contribution < -0.4 is 5.32 Å². The summed E-state index contributed by atoms with van der Waals surface area (Å²) < 4.78 is 24.6. The fourth-order valence-corrected chi connectivity index (χ4v) is 4.77. The minimum atomic E-state index is -3.62. The molecule has 0 radical (unpaired) electrons. The van der Waals surface area contributed by atoms with E-state index < -0.39 is 21.5 Å². The maximum Gasteiger partial charge on any atom is 0.235 e. The molecule has 3 rings (SSSR count). The third-order valence-electron chi connectivity index (χ3n) is 4.77. The number of hydrogen-bond donors (Lipinski definition) is 1. The van der Waals surface area contributed by atoms with Gasteiger partial charge < -0.3 is 5.32 Å². The zero-order valence-corrected chi connectivity index (χ0v) is 17.6. The van der Waals surface area contributed by atoms with Crippen molar-refractivity contribution in [3.63, 3.8) is 0 Å². The number of likely N-dealkylation sites (tertiary alicyclic amines) is 1. The Balaban J connectivity index is 1.47. The van der Waals surface area contributed by atoms with Crippen LogP contribution in [0.15, 0.2) is 53.4 Å². The summed E-state index contributed by atoms with van der Waals surface area (Å²) in [4.78, 5) is 14.7. The lowest BCUT2D eigenvalue weighted by molar-refractivity contribution is -0.119. The molecule has 1 N–H and O–H groups in total. The van der Waals surface area contributed by atoms with E-state index in [1.54, 1.807) is 24.3 Å². The second-order valence-corrected chi connectivity index (χ2v) is 9.74. The number of carbonyl (C=O) groups is 1. The molecule has 0 spiro atoms. The summed E-state index contributed by atoms with van der Waals surface area (Å²) in [7, 11) is -3.62. The Labute approximate surface area is 175 Å². The number of amides is 1. The molecule has 5 nitrogen and oxygen atoms in total. The van der Waals surface area contributed by atoms with Gasteiger partial charge in [-0.1, -0.05) is 47.5 Å². The Kier molecular flexibility index (Phi) is 6.99. The van der Waals surface area contributed by atoms with Gasteiger partial charge in [0.15, 0.2) is 9.84 Å². The Hall–Kier alpha value is -1.60. The van der Waals surface area contributed by atoms with Gasteiger partial charge in [0.25, 0.3) is 0 Å². The number of nitrogens with one attached hydrogen (secondary N) is 1. The van der Waals surface area contributed by atoms with Crippen molar-refractivity contribution in [3.05, 3.63) is 64.1 Å². The fraction of sp³-hybridized carbons (Fsp3) is 0.350. The van der Waals surface area contributed by atoms with Gasteiger partial charge in [-0.15, -0.1) is 0 Å². The molecule has 0 aromatic heterocycles. The number of rotatable bonds is 6. The van der Waals surface area contributed by atoms with Crippen molar-refractivity contribution in [2.24, 2.45) is 0 Å². The molecule has 8 heteroatoms. The predicted molar refractivity (Wildman–Crippen MR) is 111 cm³/mol. The van der Waals surface area contributed by atoms with Gasteiger partial charge in [-0.3, -0.25) is 9.69 Å². The summed E-state index contributed by atoms with van der Waals surface area (Å²) in [5, 5.41) is 3.94. The highest BCUT2D eigenvalue weighted by Crippen LogP contribution is 2.24. The lowest BCUT2D eigenvalue weighted by atomic mass is 10.0. The van der Waals surface area contributed by atoms with E-state index in [1.165, 1.54) is 12.1 Å². The Bertz CT molecular complexity index is 928. The van der Waals surface area contributed by atoms with Crippen LogP contribution in [0.4, 0.5) is 0 Å². The van der Waals surface area contributed by atoms with Crippen molar-refractivity contribution in [2.75, 3.05) is 18.8 Å². The molecule has 1 heterocycles. The molecule has 0 atom stereocenters. The van der Waals surface area contributed by atoms with Gasteiger partial charge in [-0.2, -0.15) is 0 Å². The van der Waals surface area contributed by atoms with Crippen molar-refractivity contribution in [1.29, 1.82) is 0 Å². The summed E-state index contributed by atoms with van der Waals surface area (Å²) in [5.41, 5.74) is 1.09. The lowest BCUT2D eigenvalue weighted by Gasteiger charge is -2.32. The van der Waals surface area contributed by atoms with Crippen molar-refractivity contribution in [1.82, 2.24) is 10.2 Å². The first-order chi connectivity index (χ1) is 13.3. The molecule has 0 aliphatic carbocycles. The first kappa shape index (κ1) is 21.1. The molecule has 1 aliphatic rings. The second-order valence-electron chi connectivity index (χ2n) is 6.94. The average Bonchev–Trinajstić information content (AvgIpc) is 2.66. The second kappa shape index (κ2) is 9.27. The normalized spacial score (nSPS) is 16.1. The molecule has 1 aliphatic heterocycles. The average molecular weight is 441 g/mol. The predicted octanol–water partition coefficient (Wildman–Crippen LogP) is 3.55. The van der Waals surface area contributed by atoms with Crippen molar-refractivity contribution in [2.45, 2.75) is 30.3 Å². The molecule has 0 unspecified atom stereocenters. The van der Waals surface area contributed by atoms with Crippen LogP contribution in [0.25, 0.3) is 0 Å². The van der Waals surface area contributed by atoms with E-state index in [-0.39, 0.29) is 10.9 Å². The minimum absolute atomic E-state index is 0.0106. The molecule has 2 aromatic rings. The SMILES string of the molecule is O=C(CS(=O)(=O)c1ccccc1)NC1CCN(Cc2ccc(Cl)c(Cl)c2)CC1. The lowest BCUT2D eigenvalue weighted by Crippen LogP contribution is -2.45. The minimum Gasteiger partial charge on any atom is -0.352 e. The first-order valence-corrected chi connectivity index (χ1v) is 11.5. The number of halogens is 2. The highest BCUT2D eigenvalue weighted by molar-refractivity contribution is 7.92. The van der Waals surface area contributed by atoms with Crippen LogP contribution in [0.3, 0.4) is 0 Å². The van der Waals surface area contributed by atoms with Gasteiger partial charge in [0.2, 0.25) is 5.91 Å². The summed E-state index contributed by atoms with van der Waals surface area (Å²) in [6.45, 7) is 2.40. The largest absolute Gasteiger partial charge is 0.352 e. The third-order valence-corrected chi connectivity index (χ3v) is 7.14. The number of piperidine rings is 1. The molecular formula is C20H22Cl2N2O3S. The summed E-state index contributed by atoms with van der Waals surface area (Å²) in [6, 6.07) is 13.6. The standard InChI is InChI=1S/C20H22Cl2N2O3S/c21-18-7-6-15(12-19(18)22)13-24-10-8-16(9-11-24)23-20(25)14-28(26,27)17-4-2-1-3-5-17/h1-7,12,16H,8-11,13-14H2,(H,23,25). The number of benzene rings is 2. The highest BCUT2D eigenvalue weighted by atomic mass is 35.5. The van der Waals surface area contributed by atoms with Crippen LogP contribution in [0, 0.1) is 0 Å². The Morgan fingerprint density at radius 1 is 1.04 bits per heavy atom. The van der Waals surface area contributed by atoms with Crippen LogP contribution in [0.1, 0.15) is 18.4 Å². The molecule has 28 heavy (non-hydrogen) atoms. The Morgan fingerprint density at radius 3 is 2.36 bits per heavy atom. The number of nitrogens with zero attached hydrogens (tertiary/aromatic N) is 1. The van der Waals surface area contributed by atoms with E-state index in [1.807, 2.05) is 12.1 Å². The zero-order valence-electron chi connectivity index (χ0n) is 15.3. The van der Waals surface area contributed by atoms with Gasteiger partial charge in [-0.05, 0) is 42.7 Å². The van der Waals surface area contributed by atoms with Gasteiger partial charge >= 0.3 is 0 Å². The van der Waals surface area contributed by atoms with Crippen molar-refractivity contribution < 1.29 is 13.2 Å². The Morgan fingerprint density at radius 2 is 1.71 bits per heavy atom. The number of carbonyl (C=O) groups excluding carboxylic acids is 1. The van der Waals surface area contributed by atoms with Crippen LogP contribution in [-0.4, -0.2) is 44.1 Å². The van der Waals surface area contributed by atoms with E-state index in [2.05, 4.69) is 10.2 Å². The fourth-order valence-electron chi connectivity index (χ4n) is 3.28. The van der Waals surface area contributed by atoms with Crippen LogP contribution in [0.2, 0.25) is 10.0 Å². The molecule has 150 valence electrons. The van der Waals surface area contributed by atoms with Gasteiger partial charge in [0, 0.05) is 25.7 Å². The van der Waals surface area contributed by atoms with E-state index in [0.29, 0.717) is 10.0 Å². The summed E-state index contributed by atoms with van der Waals surface area (Å²) in [6.07, 6.45) is 1.55. The smallest absolute Gasteiger partial charge is 0.235 e. The molecule has 1 saturated heterocycles. The van der Waals surface area contributed by atoms with Crippen molar-refractivity contribution >= 4 is 38.9 Å². The quantitative estimate of drug-likeness (QED) is 0.745. The van der Waals surface area contributed by atoms with Crippen molar-refractivity contribution in [3.8, 4) is 0 Å². The van der Waals surface area contributed by atoms with E-state index >= 15 is 0 Å². The van der Waals surface area contributed by atoms with E-state index in [9.17, 15) is 13.2 Å². The molecular weight excluding hydrogens is 419 g/mol. The monoisotopic (exact) mass is 440 g/mol. The van der Waals surface area contributed by atoms with Crippen LogP contribution in [-0.2, 0) is 21.2 Å². The topological polar surface area (TPSA) is 66.5 Å².